The lowest BCUT2D eigenvalue weighted by Crippen LogP contribution is -2.33. The maximum atomic E-state index is 6.46. The molecule has 0 saturated carbocycles. The van der Waals surface area contributed by atoms with Crippen LogP contribution < -0.4 is 4.74 Å². The van der Waals surface area contributed by atoms with Crippen molar-refractivity contribution in [1.29, 1.82) is 0 Å². The Hall–Kier alpha value is -3.10. The van der Waals surface area contributed by atoms with E-state index in [0.29, 0.717) is 0 Å². The molecule has 1 heterocycles. The lowest BCUT2D eigenvalue weighted by molar-refractivity contribution is 0.431. The number of halogens is 1. The summed E-state index contributed by atoms with van der Waals surface area (Å²) in [6, 6.07) is 28.5. The Bertz CT molecular complexity index is 1480. The van der Waals surface area contributed by atoms with E-state index in [9.17, 15) is 0 Å². The summed E-state index contributed by atoms with van der Waals surface area (Å²) in [5, 5.41) is 2.62. The summed E-state index contributed by atoms with van der Waals surface area (Å²) in [6.45, 7) is 0. The third-order valence-corrected chi connectivity index (χ3v) is 7.58. The van der Waals surface area contributed by atoms with Crippen molar-refractivity contribution in [2.24, 2.45) is 0 Å². The van der Waals surface area contributed by atoms with E-state index in [1.54, 1.807) is 0 Å². The summed E-state index contributed by atoms with van der Waals surface area (Å²) < 4.78 is 7.49. The van der Waals surface area contributed by atoms with Crippen molar-refractivity contribution in [1.82, 2.24) is 0 Å². The molecule has 1 atom stereocenters. The first kappa shape index (κ1) is 17.6. The molecule has 4 aromatic carbocycles. The molecule has 1 unspecified atom stereocenters. The summed E-state index contributed by atoms with van der Waals surface area (Å²) in [4.78, 5) is 0. The van der Waals surface area contributed by atoms with Crippen LogP contribution in [0, 0.1) is 0 Å². The molecule has 2 aliphatic carbocycles. The molecule has 0 amide bonds. The summed E-state index contributed by atoms with van der Waals surface area (Å²) >= 11 is 3.66. The maximum Gasteiger partial charge on any atom is 0.133 e. The van der Waals surface area contributed by atoms with Gasteiger partial charge in [-0.3, -0.25) is 0 Å². The number of allylic oxidation sites excluding steroid dienone is 4. The van der Waals surface area contributed by atoms with Gasteiger partial charge in [-0.2, -0.15) is 0 Å². The Morgan fingerprint density at radius 3 is 2.55 bits per heavy atom. The molecule has 31 heavy (non-hydrogen) atoms. The number of ether oxygens (including phenoxy) is 1. The van der Waals surface area contributed by atoms with Crippen LogP contribution in [0.3, 0.4) is 0 Å². The van der Waals surface area contributed by atoms with Gasteiger partial charge in [-0.15, -0.1) is 0 Å². The van der Waals surface area contributed by atoms with E-state index in [-0.39, 0.29) is 5.41 Å². The minimum atomic E-state index is -0.315. The third-order valence-electron chi connectivity index (χ3n) is 7.08. The van der Waals surface area contributed by atoms with Crippen molar-refractivity contribution >= 4 is 32.3 Å². The average Bonchev–Trinajstić information content (AvgIpc) is 3.11. The SMILES string of the molecule is Brc1ccc2c(c1)Oc1ccccc1C21C2=C(C=CCC2)c2c1ccc1ccccc21. The zero-order valence-corrected chi connectivity index (χ0v) is 18.4. The third kappa shape index (κ3) is 2.16. The summed E-state index contributed by atoms with van der Waals surface area (Å²) in [5.74, 6) is 1.89. The van der Waals surface area contributed by atoms with Crippen molar-refractivity contribution in [2.45, 2.75) is 18.3 Å². The quantitative estimate of drug-likeness (QED) is 0.256. The van der Waals surface area contributed by atoms with Gasteiger partial charge >= 0.3 is 0 Å². The predicted octanol–water partition coefficient (Wildman–Crippen LogP) is 8.16. The molecular weight excluding hydrogens is 444 g/mol. The van der Waals surface area contributed by atoms with Crippen LogP contribution in [0.5, 0.6) is 11.5 Å². The van der Waals surface area contributed by atoms with Crippen LogP contribution in [0.25, 0.3) is 16.3 Å². The summed E-state index contributed by atoms with van der Waals surface area (Å²) in [5.41, 5.74) is 7.83. The highest BCUT2D eigenvalue weighted by Gasteiger charge is 2.52. The summed E-state index contributed by atoms with van der Waals surface area (Å²) in [6.07, 6.45) is 6.81. The predicted molar refractivity (Wildman–Crippen MR) is 130 cm³/mol. The first-order chi connectivity index (χ1) is 15.3. The van der Waals surface area contributed by atoms with Gasteiger partial charge in [-0.25, -0.2) is 0 Å². The molecule has 0 N–H and O–H groups in total. The van der Waals surface area contributed by atoms with Crippen molar-refractivity contribution in [3.05, 3.63) is 123 Å². The minimum Gasteiger partial charge on any atom is -0.457 e. The molecule has 1 spiro atoms. The van der Waals surface area contributed by atoms with Crippen LogP contribution in [0.15, 0.2) is 101 Å². The van der Waals surface area contributed by atoms with E-state index in [4.69, 9.17) is 4.74 Å². The average molecular weight is 463 g/mol. The van der Waals surface area contributed by atoms with Gasteiger partial charge in [0.05, 0.1) is 5.41 Å². The highest BCUT2D eigenvalue weighted by atomic mass is 79.9. The molecule has 0 bridgehead atoms. The van der Waals surface area contributed by atoms with E-state index in [2.05, 4.69) is 107 Å². The topological polar surface area (TPSA) is 9.23 Å². The second kappa shape index (κ2) is 6.21. The number of fused-ring (bicyclic) bond motifs is 10. The molecule has 7 rings (SSSR count). The number of hydrogen-bond acceptors (Lipinski definition) is 1. The largest absolute Gasteiger partial charge is 0.457 e. The molecule has 148 valence electrons. The monoisotopic (exact) mass is 462 g/mol. The molecule has 0 radical (unpaired) electrons. The fraction of sp³-hybridized carbons (Fsp3) is 0.103. The van der Waals surface area contributed by atoms with Crippen LogP contribution in [0.1, 0.15) is 35.1 Å². The highest BCUT2D eigenvalue weighted by molar-refractivity contribution is 9.10. The van der Waals surface area contributed by atoms with Gasteiger partial charge in [0, 0.05) is 15.6 Å². The number of rotatable bonds is 0. The van der Waals surface area contributed by atoms with Crippen molar-refractivity contribution < 1.29 is 4.74 Å². The molecule has 3 aliphatic rings. The Morgan fingerprint density at radius 2 is 1.58 bits per heavy atom. The maximum absolute atomic E-state index is 6.46. The molecular formula is C29H19BrO. The van der Waals surface area contributed by atoms with Gasteiger partial charge in [0.2, 0.25) is 0 Å². The van der Waals surface area contributed by atoms with Gasteiger partial charge in [0.15, 0.2) is 0 Å². The number of hydrogen-bond donors (Lipinski definition) is 0. The lowest BCUT2D eigenvalue weighted by Gasteiger charge is -2.41. The molecule has 1 nitrogen and oxygen atoms in total. The standard InChI is InChI=1S/C29H19BrO/c30-19-14-16-24-27(17-19)31-26-12-6-5-11-23(26)29(24)22-10-4-3-9-21(22)28-20-8-2-1-7-18(20)13-15-25(28)29/h1-3,5-9,11-17H,4,10H2. The van der Waals surface area contributed by atoms with Crippen molar-refractivity contribution in [2.75, 3.05) is 0 Å². The van der Waals surface area contributed by atoms with E-state index in [1.807, 2.05) is 0 Å². The second-order valence-corrected chi connectivity index (χ2v) is 9.45. The van der Waals surface area contributed by atoms with Gasteiger partial charge in [0.1, 0.15) is 11.5 Å². The normalized spacial score (nSPS) is 20.3. The van der Waals surface area contributed by atoms with Gasteiger partial charge in [-0.05, 0) is 64.1 Å². The van der Waals surface area contributed by atoms with Crippen LogP contribution in [0.4, 0.5) is 0 Å². The first-order valence-electron chi connectivity index (χ1n) is 10.8. The Labute approximate surface area is 189 Å². The molecule has 2 heteroatoms. The van der Waals surface area contributed by atoms with Crippen LogP contribution in [-0.4, -0.2) is 0 Å². The number of para-hydroxylation sites is 1. The highest BCUT2D eigenvalue weighted by Crippen LogP contribution is 2.63. The molecule has 0 aromatic heterocycles. The first-order valence-corrected chi connectivity index (χ1v) is 11.6. The van der Waals surface area contributed by atoms with Crippen molar-refractivity contribution in [3.63, 3.8) is 0 Å². The Kier molecular flexibility index (Phi) is 3.52. The molecule has 0 saturated heterocycles. The summed E-state index contributed by atoms with van der Waals surface area (Å²) in [7, 11) is 0. The van der Waals surface area contributed by atoms with Gasteiger partial charge < -0.3 is 4.74 Å². The Morgan fingerprint density at radius 1 is 0.774 bits per heavy atom. The van der Waals surface area contributed by atoms with E-state index < -0.39 is 0 Å². The smallest absolute Gasteiger partial charge is 0.133 e. The van der Waals surface area contributed by atoms with Gasteiger partial charge in [-0.1, -0.05) is 88.7 Å². The van der Waals surface area contributed by atoms with Crippen LogP contribution in [-0.2, 0) is 5.41 Å². The zero-order valence-electron chi connectivity index (χ0n) is 16.9. The second-order valence-electron chi connectivity index (χ2n) is 8.53. The van der Waals surface area contributed by atoms with Crippen molar-refractivity contribution in [3.8, 4) is 11.5 Å². The fourth-order valence-corrected chi connectivity index (χ4v) is 6.30. The minimum absolute atomic E-state index is 0.315. The van der Waals surface area contributed by atoms with Crippen LogP contribution >= 0.6 is 15.9 Å². The van der Waals surface area contributed by atoms with Crippen LogP contribution in [0.2, 0.25) is 0 Å². The molecule has 1 aliphatic heterocycles. The van der Waals surface area contributed by atoms with E-state index >= 15 is 0 Å². The Balaban J connectivity index is 1.71. The van der Waals surface area contributed by atoms with E-state index in [1.165, 1.54) is 44.2 Å². The zero-order chi connectivity index (χ0) is 20.6. The fourth-order valence-electron chi connectivity index (χ4n) is 5.96. The van der Waals surface area contributed by atoms with Gasteiger partial charge in [0.25, 0.3) is 0 Å². The van der Waals surface area contributed by atoms with E-state index in [0.717, 1.165) is 28.8 Å². The molecule has 4 aromatic rings. The lowest BCUT2D eigenvalue weighted by atomic mass is 9.64. The number of benzene rings is 4. The molecule has 0 fully saturated rings.